The summed E-state index contributed by atoms with van der Waals surface area (Å²) in [5.41, 5.74) is 1.27. The predicted octanol–water partition coefficient (Wildman–Crippen LogP) is 1.91. The molecular formula is C21H35N3O2. The molecule has 2 aliphatic rings. The van der Waals surface area contributed by atoms with E-state index in [1.807, 2.05) is 12.1 Å². The van der Waals surface area contributed by atoms with Gasteiger partial charge in [0.1, 0.15) is 18.5 Å². The van der Waals surface area contributed by atoms with Crippen LogP contribution in [0.1, 0.15) is 25.3 Å². The van der Waals surface area contributed by atoms with E-state index in [9.17, 15) is 5.11 Å². The second-order valence-electron chi connectivity index (χ2n) is 7.99. The molecule has 0 aromatic heterocycles. The van der Waals surface area contributed by atoms with Crippen molar-refractivity contribution < 1.29 is 9.84 Å². The highest BCUT2D eigenvalue weighted by atomic mass is 16.5. The van der Waals surface area contributed by atoms with E-state index in [1.54, 1.807) is 0 Å². The lowest BCUT2D eigenvalue weighted by molar-refractivity contribution is 0.0470. The van der Waals surface area contributed by atoms with Crippen molar-refractivity contribution in [2.45, 2.75) is 32.4 Å². The van der Waals surface area contributed by atoms with Crippen LogP contribution in [0.3, 0.4) is 0 Å². The fourth-order valence-corrected chi connectivity index (χ4v) is 3.68. The van der Waals surface area contributed by atoms with Gasteiger partial charge in [0.05, 0.1) is 0 Å². The number of nitrogens with zero attached hydrogens (tertiary/aromatic N) is 3. The third-order valence-electron chi connectivity index (χ3n) is 5.44. The average Bonchev–Trinajstić information content (AvgIpc) is 3.45. The summed E-state index contributed by atoms with van der Waals surface area (Å²) in [6, 6.07) is 8.29. The van der Waals surface area contributed by atoms with Crippen molar-refractivity contribution in [3.8, 4) is 5.75 Å². The molecule has 1 atom stereocenters. The summed E-state index contributed by atoms with van der Waals surface area (Å²) in [5.74, 6) is 1.77. The maximum atomic E-state index is 10.3. The van der Waals surface area contributed by atoms with Gasteiger partial charge in [0.15, 0.2) is 0 Å². The Morgan fingerprint density at radius 1 is 1.19 bits per heavy atom. The van der Waals surface area contributed by atoms with Crippen molar-refractivity contribution in [3.63, 3.8) is 0 Å². The molecule has 3 rings (SSSR count). The molecule has 146 valence electrons. The minimum Gasteiger partial charge on any atom is -0.491 e. The van der Waals surface area contributed by atoms with Crippen molar-refractivity contribution >= 4 is 0 Å². The van der Waals surface area contributed by atoms with E-state index in [4.69, 9.17) is 4.74 Å². The van der Waals surface area contributed by atoms with Gasteiger partial charge in [0.25, 0.3) is 0 Å². The standard InChI is InChI=1S/C21H35N3O2/c1-3-23-9-11-24(12-10-23)16-20(25)17-26-21-6-4-5-19(13-21)15-22(2)14-18-7-8-18/h4-6,13,18,20,25H,3,7-12,14-17H2,1-2H3/t20-/m0/s1. The second kappa shape index (κ2) is 9.70. The molecular weight excluding hydrogens is 326 g/mol. The summed E-state index contributed by atoms with van der Waals surface area (Å²) in [6.45, 7) is 10.8. The summed E-state index contributed by atoms with van der Waals surface area (Å²) >= 11 is 0. The largest absolute Gasteiger partial charge is 0.491 e. The highest BCUT2D eigenvalue weighted by molar-refractivity contribution is 5.28. The molecule has 1 aromatic carbocycles. The van der Waals surface area contributed by atoms with Crippen molar-refractivity contribution in [1.29, 1.82) is 0 Å². The van der Waals surface area contributed by atoms with Crippen molar-refractivity contribution in [2.75, 3.05) is 59.5 Å². The molecule has 1 heterocycles. The molecule has 1 aliphatic carbocycles. The number of ether oxygens (including phenoxy) is 1. The van der Waals surface area contributed by atoms with Gasteiger partial charge in [-0.05, 0) is 50.0 Å². The predicted molar refractivity (Wildman–Crippen MR) is 106 cm³/mol. The van der Waals surface area contributed by atoms with Crippen LogP contribution < -0.4 is 4.74 Å². The zero-order chi connectivity index (χ0) is 18.4. The van der Waals surface area contributed by atoms with Crippen LogP contribution in [0.15, 0.2) is 24.3 Å². The highest BCUT2D eigenvalue weighted by Gasteiger charge is 2.22. The van der Waals surface area contributed by atoms with Crippen LogP contribution in [0.5, 0.6) is 5.75 Å². The molecule has 1 saturated carbocycles. The number of rotatable bonds is 10. The molecule has 1 N–H and O–H groups in total. The molecule has 0 spiro atoms. The van der Waals surface area contributed by atoms with Gasteiger partial charge in [-0.2, -0.15) is 0 Å². The number of piperazine rings is 1. The van der Waals surface area contributed by atoms with E-state index in [0.29, 0.717) is 13.2 Å². The Bertz CT molecular complexity index is 542. The zero-order valence-electron chi connectivity index (χ0n) is 16.4. The number of benzene rings is 1. The van der Waals surface area contributed by atoms with E-state index >= 15 is 0 Å². The highest BCUT2D eigenvalue weighted by Crippen LogP contribution is 2.29. The van der Waals surface area contributed by atoms with Gasteiger partial charge in [-0.3, -0.25) is 4.90 Å². The van der Waals surface area contributed by atoms with Gasteiger partial charge in [-0.25, -0.2) is 0 Å². The van der Waals surface area contributed by atoms with Crippen LogP contribution >= 0.6 is 0 Å². The van der Waals surface area contributed by atoms with Crippen molar-refractivity contribution in [2.24, 2.45) is 5.92 Å². The second-order valence-corrected chi connectivity index (χ2v) is 7.99. The molecule has 5 heteroatoms. The van der Waals surface area contributed by atoms with Crippen LogP contribution in [0.25, 0.3) is 0 Å². The summed E-state index contributed by atoms with van der Waals surface area (Å²) in [7, 11) is 2.19. The summed E-state index contributed by atoms with van der Waals surface area (Å²) in [6.07, 6.45) is 2.34. The van der Waals surface area contributed by atoms with Gasteiger partial charge >= 0.3 is 0 Å². The first-order valence-corrected chi connectivity index (χ1v) is 10.2. The third-order valence-corrected chi connectivity index (χ3v) is 5.44. The minimum absolute atomic E-state index is 0.357. The summed E-state index contributed by atoms with van der Waals surface area (Å²) < 4.78 is 5.86. The fraction of sp³-hybridized carbons (Fsp3) is 0.714. The third kappa shape index (κ3) is 6.54. The lowest BCUT2D eigenvalue weighted by Gasteiger charge is -2.34. The molecule has 1 aromatic rings. The first-order valence-electron chi connectivity index (χ1n) is 10.2. The Balaban J connectivity index is 1.38. The Kier molecular flexibility index (Phi) is 7.32. The topological polar surface area (TPSA) is 39.2 Å². The molecule has 0 bridgehead atoms. The van der Waals surface area contributed by atoms with E-state index in [2.05, 4.69) is 40.8 Å². The van der Waals surface area contributed by atoms with Gasteiger partial charge in [-0.1, -0.05) is 19.1 Å². The van der Waals surface area contributed by atoms with Gasteiger partial charge in [0, 0.05) is 45.8 Å². The van der Waals surface area contributed by atoms with Crippen LogP contribution in [0.2, 0.25) is 0 Å². The molecule has 5 nitrogen and oxygen atoms in total. The molecule has 0 radical (unpaired) electrons. The maximum absolute atomic E-state index is 10.3. The minimum atomic E-state index is -0.440. The smallest absolute Gasteiger partial charge is 0.119 e. The average molecular weight is 362 g/mol. The Labute approximate surface area is 158 Å². The number of aliphatic hydroxyl groups excluding tert-OH is 1. The summed E-state index contributed by atoms with van der Waals surface area (Å²) in [4.78, 5) is 7.18. The van der Waals surface area contributed by atoms with Gasteiger partial charge < -0.3 is 19.6 Å². The first-order chi connectivity index (χ1) is 12.6. The normalized spacial score (nSPS) is 20.5. The lowest BCUT2D eigenvalue weighted by atomic mass is 10.2. The molecule has 0 unspecified atom stereocenters. The molecule has 0 amide bonds. The van der Waals surface area contributed by atoms with Crippen molar-refractivity contribution in [1.82, 2.24) is 14.7 Å². The Morgan fingerprint density at radius 3 is 2.62 bits per heavy atom. The molecule has 2 fully saturated rings. The number of aliphatic hydroxyl groups is 1. The number of likely N-dealkylation sites (N-methyl/N-ethyl adjacent to an activating group) is 1. The Morgan fingerprint density at radius 2 is 1.92 bits per heavy atom. The van der Waals surface area contributed by atoms with Gasteiger partial charge in [0.2, 0.25) is 0 Å². The molecule has 1 aliphatic heterocycles. The van der Waals surface area contributed by atoms with E-state index < -0.39 is 6.10 Å². The maximum Gasteiger partial charge on any atom is 0.119 e. The number of hydrogen-bond donors (Lipinski definition) is 1. The quantitative estimate of drug-likeness (QED) is 0.689. The van der Waals surface area contributed by atoms with Crippen molar-refractivity contribution in [3.05, 3.63) is 29.8 Å². The van der Waals surface area contributed by atoms with Crippen LogP contribution in [-0.2, 0) is 6.54 Å². The Hall–Kier alpha value is -1.14. The van der Waals surface area contributed by atoms with Crippen LogP contribution in [0.4, 0.5) is 0 Å². The molecule has 1 saturated heterocycles. The SMILES string of the molecule is CCN1CCN(C[C@H](O)COc2cccc(CN(C)CC3CC3)c2)CC1. The number of hydrogen-bond acceptors (Lipinski definition) is 5. The monoisotopic (exact) mass is 361 g/mol. The van der Waals surface area contributed by atoms with E-state index in [0.717, 1.165) is 50.9 Å². The zero-order valence-corrected chi connectivity index (χ0v) is 16.4. The van der Waals surface area contributed by atoms with Gasteiger partial charge in [-0.15, -0.1) is 0 Å². The lowest BCUT2D eigenvalue weighted by Crippen LogP contribution is -2.49. The molecule has 26 heavy (non-hydrogen) atoms. The van der Waals surface area contributed by atoms with Crippen LogP contribution in [-0.4, -0.2) is 85.4 Å². The van der Waals surface area contributed by atoms with Crippen LogP contribution in [0, 0.1) is 5.92 Å². The summed E-state index contributed by atoms with van der Waals surface area (Å²) in [5, 5.41) is 10.3. The van der Waals surface area contributed by atoms with E-state index in [1.165, 1.54) is 24.9 Å². The first kappa shape index (κ1) is 19.6. The number of β-amino-alcohol motifs (C(OH)–C–C–N with tert-alkyl or cyclic N) is 1. The van der Waals surface area contributed by atoms with E-state index in [-0.39, 0.29) is 0 Å². The fourth-order valence-electron chi connectivity index (χ4n) is 3.68.